The van der Waals surface area contributed by atoms with Gasteiger partial charge in [0.15, 0.2) is 5.78 Å². The number of hydrogen-bond donors (Lipinski definition) is 2. The Labute approximate surface area is 199 Å². The third-order valence-corrected chi connectivity index (χ3v) is 6.33. The first-order chi connectivity index (χ1) is 16.4. The zero-order chi connectivity index (χ0) is 24.2. The van der Waals surface area contributed by atoms with E-state index in [1.54, 1.807) is 24.1 Å². The third kappa shape index (κ3) is 5.00. The average molecular weight is 468 g/mol. The van der Waals surface area contributed by atoms with Crippen LogP contribution in [0.3, 0.4) is 0 Å². The Morgan fingerprint density at radius 2 is 1.91 bits per heavy atom. The van der Waals surface area contributed by atoms with Crippen LogP contribution >= 0.6 is 0 Å². The minimum absolute atomic E-state index is 0.0260. The molecule has 1 fully saturated rings. The van der Waals surface area contributed by atoms with Crippen molar-refractivity contribution in [2.75, 3.05) is 36.0 Å². The molecule has 0 bridgehead atoms. The van der Waals surface area contributed by atoms with Gasteiger partial charge in [-0.2, -0.15) is 0 Å². The number of rotatable bonds is 8. The van der Waals surface area contributed by atoms with Gasteiger partial charge in [0.25, 0.3) is 5.56 Å². The lowest BCUT2D eigenvalue weighted by molar-refractivity contribution is 0.0344. The Kier molecular flexibility index (Phi) is 7.33. The molecule has 0 saturated carbocycles. The summed E-state index contributed by atoms with van der Waals surface area (Å²) in [5.41, 5.74) is 0.975. The van der Waals surface area contributed by atoms with Gasteiger partial charge in [0.1, 0.15) is 11.5 Å². The Balaban J connectivity index is 1.73. The number of anilines is 2. The van der Waals surface area contributed by atoms with Crippen molar-refractivity contribution in [1.82, 2.24) is 14.9 Å². The fourth-order valence-electron chi connectivity index (χ4n) is 4.50. The lowest BCUT2D eigenvalue weighted by Crippen LogP contribution is -2.50. The van der Waals surface area contributed by atoms with Gasteiger partial charge in [-0.3, -0.25) is 19.1 Å². The molecule has 4 rings (SSSR count). The van der Waals surface area contributed by atoms with Gasteiger partial charge < -0.3 is 19.9 Å². The predicted molar refractivity (Wildman–Crippen MR) is 133 cm³/mol. The van der Waals surface area contributed by atoms with Gasteiger partial charge in [-0.15, -0.1) is 0 Å². The highest BCUT2D eigenvalue weighted by Crippen LogP contribution is 2.36. The van der Waals surface area contributed by atoms with Crippen molar-refractivity contribution in [1.29, 1.82) is 0 Å². The summed E-state index contributed by atoms with van der Waals surface area (Å²) in [7, 11) is 1.60. The zero-order valence-electron chi connectivity index (χ0n) is 20.0. The number of benzene rings is 1. The van der Waals surface area contributed by atoms with Gasteiger partial charge >= 0.3 is 5.69 Å². The summed E-state index contributed by atoms with van der Waals surface area (Å²) in [5, 5.41) is 3.48. The second kappa shape index (κ2) is 10.4. The van der Waals surface area contributed by atoms with E-state index in [1.807, 2.05) is 43.0 Å². The van der Waals surface area contributed by atoms with E-state index in [0.29, 0.717) is 30.2 Å². The minimum Gasteiger partial charge on any atom is -0.339 e. The van der Waals surface area contributed by atoms with Crippen LogP contribution < -0.4 is 26.4 Å². The Hall–Kier alpha value is -3.17. The number of carbonyl (C=O) groups excluding carboxylic acids is 1. The van der Waals surface area contributed by atoms with Crippen LogP contribution in [0.2, 0.25) is 0 Å². The van der Waals surface area contributed by atoms with Crippen LogP contribution in [0.25, 0.3) is 0 Å². The molecule has 9 nitrogen and oxygen atoms in total. The first kappa shape index (κ1) is 24.0. The molecule has 34 heavy (non-hydrogen) atoms. The summed E-state index contributed by atoms with van der Waals surface area (Å²) < 4.78 is 7.79. The van der Waals surface area contributed by atoms with Crippen LogP contribution in [0, 0.1) is 0 Å². The summed E-state index contributed by atoms with van der Waals surface area (Å²) in [6, 6.07) is 9.22. The molecule has 2 aliphatic heterocycles. The molecule has 2 unspecified atom stereocenters. The molecule has 0 radical (unpaired) electrons. The number of aromatic amines is 1. The number of carbonyl (C=O) groups is 1. The van der Waals surface area contributed by atoms with E-state index in [9.17, 15) is 14.4 Å². The van der Waals surface area contributed by atoms with E-state index in [-0.39, 0.29) is 18.4 Å². The van der Waals surface area contributed by atoms with Crippen LogP contribution in [0.15, 0.2) is 51.6 Å². The fraction of sp³-hybridized carbons (Fsp3) is 0.480. The van der Waals surface area contributed by atoms with Gasteiger partial charge in [0, 0.05) is 25.2 Å². The molecular weight excluding hydrogens is 434 g/mol. The maximum Gasteiger partial charge on any atom is 0.329 e. The highest BCUT2D eigenvalue weighted by atomic mass is 16.5. The van der Waals surface area contributed by atoms with E-state index in [1.165, 1.54) is 4.57 Å². The minimum atomic E-state index is -0.698. The van der Waals surface area contributed by atoms with Crippen LogP contribution in [0.1, 0.15) is 43.5 Å². The van der Waals surface area contributed by atoms with Gasteiger partial charge in [-0.05, 0) is 33.2 Å². The Morgan fingerprint density at radius 3 is 2.59 bits per heavy atom. The SMILES string of the molecule is CC(C)=CCN1c2c(n(C)c(=O)[nH]c2=O)N(CC(=O)c2ccccc2)C1OCC1CCCCN1. The van der Waals surface area contributed by atoms with E-state index in [4.69, 9.17) is 4.74 Å². The van der Waals surface area contributed by atoms with Crippen LogP contribution in [-0.4, -0.2) is 54.0 Å². The number of Topliss-reactive ketones (excluding diaryl/α,β-unsaturated/α-hetero) is 1. The summed E-state index contributed by atoms with van der Waals surface area (Å²) in [5.74, 6) is 0.273. The number of nitrogens with one attached hydrogen (secondary N) is 2. The summed E-state index contributed by atoms with van der Waals surface area (Å²) in [4.78, 5) is 44.7. The van der Waals surface area contributed by atoms with Crippen LogP contribution in [0.4, 0.5) is 11.5 Å². The number of ketones is 1. The number of piperidine rings is 1. The van der Waals surface area contributed by atoms with E-state index >= 15 is 0 Å². The molecule has 2 aliphatic rings. The Morgan fingerprint density at radius 1 is 1.15 bits per heavy atom. The molecule has 0 amide bonds. The lowest BCUT2D eigenvalue weighted by Gasteiger charge is -2.33. The third-order valence-electron chi connectivity index (χ3n) is 6.33. The number of aromatic nitrogens is 2. The monoisotopic (exact) mass is 467 g/mol. The van der Waals surface area contributed by atoms with E-state index in [0.717, 1.165) is 31.4 Å². The quantitative estimate of drug-likeness (QED) is 0.452. The van der Waals surface area contributed by atoms with Crippen molar-refractivity contribution in [3.63, 3.8) is 0 Å². The number of H-pyrrole nitrogens is 1. The molecule has 2 atom stereocenters. The maximum atomic E-state index is 13.2. The summed E-state index contributed by atoms with van der Waals surface area (Å²) in [6.07, 6.45) is 4.60. The molecule has 9 heteroatoms. The van der Waals surface area contributed by atoms with Crippen molar-refractivity contribution in [3.05, 3.63) is 68.4 Å². The molecule has 182 valence electrons. The second-order valence-electron chi connectivity index (χ2n) is 9.15. The van der Waals surface area contributed by atoms with E-state index in [2.05, 4.69) is 10.3 Å². The number of nitrogens with zero attached hydrogens (tertiary/aromatic N) is 3. The predicted octanol–water partition coefficient (Wildman–Crippen LogP) is 1.99. The Bertz CT molecular complexity index is 1160. The van der Waals surface area contributed by atoms with Gasteiger partial charge in [0.05, 0.1) is 13.2 Å². The van der Waals surface area contributed by atoms with Gasteiger partial charge in [0.2, 0.25) is 6.35 Å². The average Bonchev–Trinajstić information content (AvgIpc) is 3.14. The number of hydrogen-bond acceptors (Lipinski definition) is 7. The lowest BCUT2D eigenvalue weighted by atomic mass is 10.1. The largest absolute Gasteiger partial charge is 0.339 e. The smallest absolute Gasteiger partial charge is 0.329 e. The number of fused-ring (bicyclic) bond motifs is 1. The van der Waals surface area contributed by atoms with Crippen LogP contribution in [-0.2, 0) is 11.8 Å². The van der Waals surface area contributed by atoms with Crippen molar-refractivity contribution in [3.8, 4) is 0 Å². The maximum absolute atomic E-state index is 13.2. The van der Waals surface area contributed by atoms with Crippen molar-refractivity contribution in [2.45, 2.75) is 45.5 Å². The van der Waals surface area contributed by atoms with Gasteiger partial charge in [-0.25, -0.2) is 4.79 Å². The zero-order valence-corrected chi connectivity index (χ0v) is 20.0. The molecule has 1 saturated heterocycles. The standard InChI is InChI=1S/C25H33N5O4/c1-17(2)12-14-29-21-22(32)27-24(33)28(3)23(21)30(15-20(31)18-9-5-4-6-10-18)25(29)34-16-19-11-7-8-13-26-19/h4-6,9-10,12,19,25-26H,7-8,11,13-16H2,1-3H3,(H,27,32,33). The molecule has 0 aliphatic carbocycles. The fourth-order valence-corrected chi connectivity index (χ4v) is 4.50. The van der Waals surface area contributed by atoms with Crippen molar-refractivity contribution in [2.24, 2.45) is 7.05 Å². The van der Waals surface area contributed by atoms with Crippen LogP contribution in [0.5, 0.6) is 0 Å². The first-order valence-corrected chi connectivity index (χ1v) is 11.8. The molecule has 1 aromatic carbocycles. The number of ether oxygens (including phenoxy) is 1. The van der Waals surface area contributed by atoms with E-state index < -0.39 is 17.6 Å². The van der Waals surface area contributed by atoms with Gasteiger partial charge in [-0.1, -0.05) is 48.4 Å². The number of allylic oxidation sites excluding steroid dienone is 1. The molecule has 0 spiro atoms. The summed E-state index contributed by atoms with van der Waals surface area (Å²) in [6.45, 7) is 5.74. The summed E-state index contributed by atoms with van der Waals surface area (Å²) >= 11 is 0. The normalized spacial score (nSPS) is 19.7. The molecule has 1 aromatic heterocycles. The molecule has 2 aromatic rings. The first-order valence-electron chi connectivity index (χ1n) is 11.8. The second-order valence-corrected chi connectivity index (χ2v) is 9.15. The molecule has 3 heterocycles. The molecule has 2 N–H and O–H groups in total. The van der Waals surface area contributed by atoms with Crippen molar-refractivity contribution >= 4 is 17.3 Å². The highest BCUT2D eigenvalue weighted by Gasteiger charge is 2.42. The highest BCUT2D eigenvalue weighted by molar-refractivity contribution is 6.00. The molecular formula is C25H33N5O4. The topological polar surface area (TPSA) is 99.7 Å². The van der Waals surface area contributed by atoms with Crippen molar-refractivity contribution < 1.29 is 9.53 Å².